The van der Waals surface area contributed by atoms with E-state index in [-0.39, 0.29) is 0 Å². The summed E-state index contributed by atoms with van der Waals surface area (Å²) in [5.74, 6) is 0.779. The zero-order valence-corrected chi connectivity index (χ0v) is 10.9. The number of aromatic nitrogens is 3. The lowest BCUT2D eigenvalue weighted by Gasteiger charge is -2.01. The van der Waals surface area contributed by atoms with Crippen molar-refractivity contribution in [1.82, 2.24) is 14.8 Å². The van der Waals surface area contributed by atoms with Gasteiger partial charge in [-0.1, -0.05) is 0 Å². The third-order valence-electron chi connectivity index (χ3n) is 2.40. The largest absolute Gasteiger partial charge is 0.432 e. The summed E-state index contributed by atoms with van der Waals surface area (Å²) >= 11 is 2.05. The highest BCUT2D eigenvalue weighted by atomic mass is 127. The highest BCUT2D eigenvalue weighted by molar-refractivity contribution is 14.1. The quantitative estimate of drug-likeness (QED) is 0.675. The molecule has 0 aliphatic carbocycles. The summed E-state index contributed by atoms with van der Waals surface area (Å²) in [6.07, 6.45) is 5.39. The molecule has 0 N–H and O–H groups in total. The first-order chi connectivity index (χ1) is 8.33. The second-order valence-electron chi connectivity index (χ2n) is 3.47. The van der Waals surface area contributed by atoms with Crippen molar-refractivity contribution < 1.29 is 4.42 Å². The van der Waals surface area contributed by atoms with Crippen molar-refractivity contribution in [2.24, 2.45) is 0 Å². The fourth-order valence-corrected chi connectivity index (χ4v) is 1.96. The molecule has 4 nitrogen and oxygen atoms in total. The molecule has 0 unspecified atom stereocenters. The van der Waals surface area contributed by atoms with Crippen molar-refractivity contribution in [3.8, 4) is 17.0 Å². The molecular formula is C12H8IN3O. The second-order valence-corrected chi connectivity index (χ2v) is 4.40. The first-order valence-corrected chi connectivity index (χ1v) is 6.12. The molecule has 0 fully saturated rings. The first-order valence-electron chi connectivity index (χ1n) is 5.05. The molecule has 5 heteroatoms. The minimum absolute atomic E-state index is 0.647. The lowest BCUT2D eigenvalue weighted by Crippen LogP contribution is -1.93. The average Bonchev–Trinajstić information content (AvgIpc) is 3.00. The summed E-state index contributed by atoms with van der Waals surface area (Å²) in [5.41, 5.74) is 2.03. The lowest BCUT2D eigenvalue weighted by molar-refractivity contribution is 0.539. The lowest BCUT2D eigenvalue weighted by atomic mass is 10.2. The van der Waals surface area contributed by atoms with E-state index in [2.05, 4.69) is 32.7 Å². The summed E-state index contributed by atoms with van der Waals surface area (Å²) in [5, 5.41) is 4.17. The predicted octanol–water partition coefficient (Wildman–Crippen LogP) is 3.13. The Morgan fingerprint density at radius 3 is 2.59 bits per heavy atom. The van der Waals surface area contributed by atoms with Gasteiger partial charge in [-0.25, -0.2) is 9.67 Å². The van der Waals surface area contributed by atoms with E-state index >= 15 is 0 Å². The van der Waals surface area contributed by atoms with Gasteiger partial charge < -0.3 is 4.42 Å². The van der Waals surface area contributed by atoms with Crippen molar-refractivity contribution in [3.05, 3.63) is 52.8 Å². The van der Waals surface area contributed by atoms with Crippen LogP contribution < -0.4 is 0 Å². The molecule has 3 aromatic rings. The van der Waals surface area contributed by atoms with Crippen molar-refractivity contribution in [2.75, 3.05) is 0 Å². The third kappa shape index (κ3) is 2.10. The minimum atomic E-state index is 0.647. The fourth-order valence-electron chi connectivity index (χ4n) is 1.59. The van der Waals surface area contributed by atoms with Crippen molar-refractivity contribution in [3.63, 3.8) is 0 Å². The van der Waals surface area contributed by atoms with Crippen LogP contribution in [0.4, 0.5) is 0 Å². The Bertz CT molecular complexity index is 614. The van der Waals surface area contributed by atoms with Crippen LogP contribution in [0.1, 0.15) is 0 Å². The van der Waals surface area contributed by atoms with Crippen LogP contribution in [-0.4, -0.2) is 14.8 Å². The molecule has 0 bridgehead atoms. The third-order valence-corrected chi connectivity index (χ3v) is 2.90. The van der Waals surface area contributed by atoms with Crippen LogP contribution in [-0.2, 0) is 0 Å². The summed E-state index contributed by atoms with van der Waals surface area (Å²) < 4.78 is 7.91. The maximum Gasteiger partial charge on any atom is 0.257 e. The fraction of sp³-hybridized carbons (Fsp3) is 0. The molecule has 2 aromatic heterocycles. The molecule has 3 rings (SSSR count). The molecule has 17 heavy (non-hydrogen) atoms. The smallest absolute Gasteiger partial charge is 0.257 e. The van der Waals surface area contributed by atoms with E-state index in [9.17, 15) is 0 Å². The Kier molecular flexibility index (Phi) is 2.68. The van der Waals surface area contributed by atoms with Gasteiger partial charge in [-0.2, -0.15) is 5.10 Å². The topological polar surface area (TPSA) is 43.9 Å². The zero-order chi connectivity index (χ0) is 11.7. The second kappa shape index (κ2) is 4.33. The van der Waals surface area contributed by atoms with Gasteiger partial charge in [0.1, 0.15) is 0 Å². The van der Waals surface area contributed by atoms with Gasteiger partial charge in [-0.05, 0) is 30.3 Å². The van der Waals surface area contributed by atoms with Crippen LogP contribution in [0.25, 0.3) is 17.0 Å². The number of nitrogens with zero attached hydrogens (tertiary/aromatic N) is 3. The molecule has 0 saturated carbocycles. The highest BCUT2D eigenvalue weighted by Gasteiger charge is 2.04. The van der Waals surface area contributed by atoms with Gasteiger partial charge in [-0.15, -0.1) is 0 Å². The van der Waals surface area contributed by atoms with Gasteiger partial charge in [0.25, 0.3) is 3.90 Å². The van der Waals surface area contributed by atoms with Gasteiger partial charge >= 0.3 is 0 Å². The molecule has 0 amide bonds. The Labute approximate surface area is 111 Å². The molecule has 1 aromatic carbocycles. The summed E-state index contributed by atoms with van der Waals surface area (Å²) in [7, 11) is 0. The number of benzene rings is 1. The number of rotatable bonds is 2. The minimum Gasteiger partial charge on any atom is -0.432 e. The summed E-state index contributed by atoms with van der Waals surface area (Å²) in [4.78, 5) is 4.07. The summed E-state index contributed by atoms with van der Waals surface area (Å²) in [6, 6.07) is 9.88. The number of hydrogen-bond acceptors (Lipinski definition) is 3. The molecule has 0 spiro atoms. The van der Waals surface area contributed by atoms with Crippen LogP contribution >= 0.6 is 22.6 Å². The van der Waals surface area contributed by atoms with Crippen molar-refractivity contribution in [2.45, 2.75) is 0 Å². The Hall–Kier alpha value is -1.63. The van der Waals surface area contributed by atoms with E-state index in [0.29, 0.717) is 3.90 Å². The van der Waals surface area contributed by atoms with E-state index in [4.69, 9.17) is 4.42 Å². The summed E-state index contributed by atoms with van der Waals surface area (Å²) in [6.45, 7) is 0. The SMILES string of the molecule is Ic1ncc(-c2ccc(-n3cccn3)cc2)o1. The van der Waals surface area contributed by atoms with Gasteiger partial charge in [0.2, 0.25) is 0 Å². The van der Waals surface area contributed by atoms with Crippen LogP contribution in [0.15, 0.2) is 53.3 Å². The number of halogens is 1. The van der Waals surface area contributed by atoms with Crippen molar-refractivity contribution in [1.29, 1.82) is 0 Å². The monoisotopic (exact) mass is 337 g/mol. The highest BCUT2D eigenvalue weighted by Crippen LogP contribution is 2.22. The average molecular weight is 337 g/mol. The van der Waals surface area contributed by atoms with E-state index < -0.39 is 0 Å². The maximum absolute atomic E-state index is 5.45. The molecule has 2 heterocycles. The first kappa shape index (κ1) is 10.5. The molecule has 0 radical (unpaired) electrons. The normalized spacial score (nSPS) is 10.6. The number of hydrogen-bond donors (Lipinski definition) is 0. The maximum atomic E-state index is 5.45. The molecule has 0 aliphatic rings. The van der Waals surface area contributed by atoms with Gasteiger partial charge in [0.15, 0.2) is 5.76 Å². The molecular weight excluding hydrogens is 329 g/mol. The van der Waals surface area contributed by atoms with Crippen LogP contribution in [0.2, 0.25) is 0 Å². The number of oxazole rings is 1. The van der Waals surface area contributed by atoms with E-state index in [0.717, 1.165) is 17.0 Å². The molecule has 0 aliphatic heterocycles. The van der Waals surface area contributed by atoms with E-state index in [1.165, 1.54) is 0 Å². The predicted molar refractivity (Wildman–Crippen MR) is 71.8 cm³/mol. The Morgan fingerprint density at radius 2 is 2.00 bits per heavy atom. The molecule has 84 valence electrons. The molecule has 0 atom stereocenters. The molecule has 0 saturated heterocycles. The van der Waals surface area contributed by atoms with Crippen molar-refractivity contribution >= 4 is 22.6 Å². The van der Waals surface area contributed by atoms with E-state index in [1.807, 2.05) is 41.2 Å². The Morgan fingerprint density at radius 1 is 1.18 bits per heavy atom. The Balaban J connectivity index is 1.95. The van der Waals surface area contributed by atoms with E-state index in [1.54, 1.807) is 12.4 Å². The van der Waals surface area contributed by atoms with Gasteiger partial charge in [0, 0.05) is 40.5 Å². The van der Waals surface area contributed by atoms with Crippen LogP contribution in [0.5, 0.6) is 0 Å². The standard InChI is InChI=1S/C12H8IN3O/c13-12-14-8-11(17-12)9-2-4-10(5-3-9)16-7-1-6-15-16/h1-8H. The van der Waals surface area contributed by atoms with Gasteiger partial charge in [0.05, 0.1) is 11.9 Å². The zero-order valence-electron chi connectivity index (χ0n) is 8.75. The van der Waals surface area contributed by atoms with Crippen LogP contribution in [0, 0.1) is 3.90 Å². The van der Waals surface area contributed by atoms with Gasteiger partial charge in [-0.3, -0.25) is 0 Å². The van der Waals surface area contributed by atoms with Crippen LogP contribution in [0.3, 0.4) is 0 Å².